The van der Waals surface area contributed by atoms with E-state index in [0.29, 0.717) is 25.6 Å². The Bertz CT molecular complexity index is 318. The Balaban J connectivity index is 1.85. The highest BCUT2D eigenvalue weighted by atomic mass is 16.5. The molecule has 2 fully saturated rings. The number of carbonyl (C=O) groups excluding carboxylic acids is 1. The standard InChI is InChI=1S/C14H26N2O3/c1-4-14(3)10-16(6-8-19-14)13(17)15-11(2)12-5-7-18-9-12/h11-12H,4-10H2,1-3H3,(H,15,17)/t11-,12-,14-/m1/s1. The number of morpholine rings is 1. The molecule has 19 heavy (non-hydrogen) atoms. The molecular weight excluding hydrogens is 244 g/mol. The number of amides is 2. The molecule has 2 heterocycles. The normalized spacial score (nSPS) is 33.2. The van der Waals surface area contributed by atoms with E-state index in [9.17, 15) is 4.79 Å². The summed E-state index contributed by atoms with van der Waals surface area (Å²) in [6.07, 6.45) is 1.96. The van der Waals surface area contributed by atoms with E-state index in [-0.39, 0.29) is 17.7 Å². The van der Waals surface area contributed by atoms with Crippen LogP contribution in [0, 0.1) is 5.92 Å². The van der Waals surface area contributed by atoms with E-state index in [1.54, 1.807) is 0 Å². The fraction of sp³-hybridized carbons (Fsp3) is 0.929. The van der Waals surface area contributed by atoms with Gasteiger partial charge in [-0.25, -0.2) is 4.79 Å². The van der Waals surface area contributed by atoms with Gasteiger partial charge in [-0.15, -0.1) is 0 Å². The molecule has 2 saturated heterocycles. The van der Waals surface area contributed by atoms with E-state index in [1.165, 1.54) is 0 Å². The highest BCUT2D eigenvalue weighted by Gasteiger charge is 2.33. The predicted molar refractivity (Wildman–Crippen MR) is 73.1 cm³/mol. The van der Waals surface area contributed by atoms with Crippen LogP contribution in [0.5, 0.6) is 0 Å². The molecule has 5 nitrogen and oxygen atoms in total. The number of carbonyl (C=O) groups is 1. The molecule has 110 valence electrons. The minimum absolute atomic E-state index is 0.0300. The lowest BCUT2D eigenvalue weighted by atomic mass is 10.00. The van der Waals surface area contributed by atoms with Gasteiger partial charge in [-0.05, 0) is 26.7 Å². The van der Waals surface area contributed by atoms with E-state index in [2.05, 4.69) is 26.1 Å². The number of rotatable bonds is 3. The smallest absolute Gasteiger partial charge is 0.317 e. The Hall–Kier alpha value is -0.810. The number of urea groups is 1. The van der Waals surface area contributed by atoms with Crippen molar-refractivity contribution in [3.63, 3.8) is 0 Å². The van der Waals surface area contributed by atoms with Crippen molar-refractivity contribution >= 4 is 6.03 Å². The third kappa shape index (κ3) is 3.60. The SMILES string of the molecule is CC[C@]1(C)CN(C(=O)N[C@H](C)[C@@H]2CCOC2)CCO1. The van der Waals surface area contributed by atoms with E-state index < -0.39 is 0 Å². The van der Waals surface area contributed by atoms with Gasteiger partial charge in [0.05, 0.1) is 25.4 Å². The Kier molecular flexibility index (Phi) is 4.68. The summed E-state index contributed by atoms with van der Waals surface area (Å²) < 4.78 is 11.1. The zero-order valence-corrected chi connectivity index (χ0v) is 12.3. The molecule has 2 aliphatic rings. The maximum Gasteiger partial charge on any atom is 0.317 e. The molecule has 0 aliphatic carbocycles. The van der Waals surface area contributed by atoms with Gasteiger partial charge in [0, 0.05) is 25.1 Å². The van der Waals surface area contributed by atoms with Crippen LogP contribution < -0.4 is 5.32 Å². The summed E-state index contributed by atoms with van der Waals surface area (Å²) >= 11 is 0. The monoisotopic (exact) mass is 270 g/mol. The third-order valence-corrected chi connectivity index (χ3v) is 4.40. The van der Waals surface area contributed by atoms with Crippen molar-refractivity contribution < 1.29 is 14.3 Å². The summed E-state index contributed by atoms with van der Waals surface area (Å²) in [6.45, 7) is 9.78. The second-order valence-electron chi connectivity index (χ2n) is 5.94. The largest absolute Gasteiger partial charge is 0.381 e. The molecule has 0 aromatic rings. The summed E-state index contributed by atoms with van der Waals surface area (Å²) in [5.74, 6) is 0.447. The van der Waals surface area contributed by atoms with Crippen LogP contribution in [0.2, 0.25) is 0 Å². The summed E-state index contributed by atoms with van der Waals surface area (Å²) in [6, 6.07) is 0.202. The lowest BCUT2D eigenvalue weighted by molar-refractivity contribution is -0.0875. The van der Waals surface area contributed by atoms with Gasteiger partial charge in [0.1, 0.15) is 0 Å². The molecule has 1 N–H and O–H groups in total. The molecule has 0 radical (unpaired) electrons. The molecule has 0 spiro atoms. The molecular formula is C14H26N2O3. The predicted octanol–water partition coefficient (Wildman–Crippen LogP) is 1.62. The second-order valence-corrected chi connectivity index (χ2v) is 5.94. The average Bonchev–Trinajstić information content (AvgIpc) is 2.92. The van der Waals surface area contributed by atoms with Gasteiger partial charge in [-0.2, -0.15) is 0 Å². The Morgan fingerprint density at radius 3 is 2.95 bits per heavy atom. The van der Waals surface area contributed by atoms with Crippen LogP contribution in [0.4, 0.5) is 4.79 Å². The Morgan fingerprint density at radius 1 is 1.53 bits per heavy atom. The van der Waals surface area contributed by atoms with Gasteiger partial charge in [0.15, 0.2) is 0 Å². The van der Waals surface area contributed by atoms with Crippen LogP contribution in [0.25, 0.3) is 0 Å². The molecule has 2 amide bonds. The first-order valence-electron chi connectivity index (χ1n) is 7.31. The summed E-state index contributed by atoms with van der Waals surface area (Å²) in [4.78, 5) is 14.2. The maximum atomic E-state index is 12.3. The van der Waals surface area contributed by atoms with Crippen molar-refractivity contribution in [2.45, 2.75) is 45.3 Å². The third-order valence-electron chi connectivity index (χ3n) is 4.40. The van der Waals surface area contributed by atoms with E-state index in [0.717, 1.165) is 26.1 Å². The number of nitrogens with zero attached hydrogens (tertiary/aromatic N) is 1. The van der Waals surface area contributed by atoms with E-state index in [1.807, 2.05) is 4.90 Å². The van der Waals surface area contributed by atoms with Gasteiger partial charge >= 0.3 is 6.03 Å². The molecule has 0 aromatic heterocycles. The Labute approximate surface area is 115 Å². The van der Waals surface area contributed by atoms with Gasteiger partial charge in [-0.3, -0.25) is 0 Å². The van der Waals surface area contributed by atoms with Crippen LogP contribution in [-0.4, -0.2) is 55.5 Å². The molecule has 2 aliphatic heterocycles. The minimum Gasteiger partial charge on any atom is -0.381 e. The number of ether oxygens (including phenoxy) is 2. The maximum absolute atomic E-state index is 12.3. The number of hydrogen-bond acceptors (Lipinski definition) is 3. The van der Waals surface area contributed by atoms with E-state index >= 15 is 0 Å². The zero-order chi connectivity index (χ0) is 13.9. The van der Waals surface area contributed by atoms with Crippen LogP contribution >= 0.6 is 0 Å². The molecule has 3 atom stereocenters. The van der Waals surface area contributed by atoms with Gasteiger partial charge < -0.3 is 19.7 Å². The first-order chi connectivity index (χ1) is 9.04. The van der Waals surface area contributed by atoms with Crippen LogP contribution in [0.15, 0.2) is 0 Å². The highest BCUT2D eigenvalue weighted by molar-refractivity contribution is 5.74. The quantitative estimate of drug-likeness (QED) is 0.848. The van der Waals surface area contributed by atoms with Crippen molar-refractivity contribution in [1.29, 1.82) is 0 Å². The lowest BCUT2D eigenvalue weighted by Crippen LogP contribution is -2.56. The molecule has 2 rings (SSSR count). The molecule has 0 saturated carbocycles. The fourth-order valence-corrected chi connectivity index (χ4v) is 2.67. The van der Waals surface area contributed by atoms with Gasteiger partial charge in [0.25, 0.3) is 0 Å². The van der Waals surface area contributed by atoms with Crippen molar-refractivity contribution in [2.75, 3.05) is 32.9 Å². The number of nitrogens with one attached hydrogen (secondary N) is 1. The van der Waals surface area contributed by atoms with Crippen LogP contribution in [0.1, 0.15) is 33.6 Å². The topological polar surface area (TPSA) is 50.8 Å². The second kappa shape index (κ2) is 6.09. The summed E-state index contributed by atoms with van der Waals surface area (Å²) in [5.41, 5.74) is -0.199. The van der Waals surface area contributed by atoms with Crippen molar-refractivity contribution in [3.05, 3.63) is 0 Å². The van der Waals surface area contributed by atoms with Crippen molar-refractivity contribution in [3.8, 4) is 0 Å². The van der Waals surface area contributed by atoms with E-state index in [4.69, 9.17) is 9.47 Å². The first-order valence-corrected chi connectivity index (χ1v) is 7.31. The average molecular weight is 270 g/mol. The van der Waals surface area contributed by atoms with Crippen LogP contribution in [0.3, 0.4) is 0 Å². The molecule has 0 aromatic carbocycles. The van der Waals surface area contributed by atoms with Crippen molar-refractivity contribution in [2.24, 2.45) is 5.92 Å². The van der Waals surface area contributed by atoms with Gasteiger partial charge in [0.2, 0.25) is 0 Å². The fourth-order valence-electron chi connectivity index (χ4n) is 2.67. The Morgan fingerprint density at radius 2 is 2.32 bits per heavy atom. The lowest BCUT2D eigenvalue weighted by Gasteiger charge is -2.40. The molecule has 0 bridgehead atoms. The minimum atomic E-state index is -0.199. The van der Waals surface area contributed by atoms with Crippen molar-refractivity contribution in [1.82, 2.24) is 10.2 Å². The first kappa shape index (κ1) is 14.6. The zero-order valence-electron chi connectivity index (χ0n) is 12.3. The summed E-state index contributed by atoms with van der Waals surface area (Å²) in [7, 11) is 0. The van der Waals surface area contributed by atoms with Gasteiger partial charge in [-0.1, -0.05) is 6.92 Å². The molecule has 5 heteroatoms. The summed E-state index contributed by atoms with van der Waals surface area (Å²) in [5, 5.41) is 3.10. The molecule has 0 unspecified atom stereocenters. The van der Waals surface area contributed by atoms with Crippen LogP contribution in [-0.2, 0) is 9.47 Å². The number of hydrogen-bond donors (Lipinski definition) is 1. The highest BCUT2D eigenvalue weighted by Crippen LogP contribution is 2.21.